The molecule has 59 heavy (non-hydrogen) atoms. The van der Waals surface area contributed by atoms with E-state index in [1.807, 2.05) is 13.0 Å². The van der Waals surface area contributed by atoms with E-state index >= 15 is 0 Å². The lowest BCUT2D eigenvalue weighted by Gasteiger charge is -2.47. The van der Waals surface area contributed by atoms with Crippen LogP contribution in [0.3, 0.4) is 0 Å². The van der Waals surface area contributed by atoms with Crippen molar-refractivity contribution in [2.24, 2.45) is 0 Å². The molecule has 14 nitrogen and oxygen atoms in total. The van der Waals surface area contributed by atoms with Crippen LogP contribution in [0.15, 0.2) is 71.5 Å². The van der Waals surface area contributed by atoms with Gasteiger partial charge in [-0.3, -0.25) is 24.6 Å². The number of rotatable bonds is 10. The van der Waals surface area contributed by atoms with E-state index in [2.05, 4.69) is 114 Å². The van der Waals surface area contributed by atoms with Gasteiger partial charge in [-0.25, -0.2) is 9.97 Å². The number of amides is 3. The molecule has 2 atom stereocenters. The molecular weight excluding hydrogens is 745 g/mol. The maximum atomic E-state index is 13.0. The largest absolute Gasteiger partial charge is 0.374 e. The molecule has 0 unspecified atom stereocenters. The van der Waals surface area contributed by atoms with Gasteiger partial charge in [-0.1, -0.05) is 42.4 Å². The van der Waals surface area contributed by atoms with E-state index in [9.17, 15) is 14.4 Å². The summed E-state index contributed by atoms with van der Waals surface area (Å²) in [6.07, 6.45) is 6.82. The van der Waals surface area contributed by atoms with Crippen molar-refractivity contribution in [1.82, 2.24) is 40.6 Å². The number of aromatic amines is 1. The number of nitrogens with zero attached hydrogens (tertiary/aromatic N) is 6. The maximum Gasteiger partial charge on any atom is 0.315 e. The molecule has 6 aromatic rings. The van der Waals surface area contributed by atoms with Gasteiger partial charge in [-0.05, 0) is 98.9 Å². The Balaban J connectivity index is 0.761. The van der Waals surface area contributed by atoms with Crippen molar-refractivity contribution in [2.75, 3.05) is 36.4 Å². The molecule has 3 aromatic carbocycles. The number of anilines is 2. The third-order valence-electron chi connectivity index (χ3n) is 13.2. The minimum atomic E-state index is -0.378. The lowest BCUT2D eigenvalue weighted by atomic mass is 9.75. The Labute approximate surface area is 341 Å². The number of carbonyl (C=O) groups excluding carboxylic acids is 3. The summed E-state index contributed by atoms with van der Waals surface area (Å²) >= 11 is 0. The van der Waals surface area contributed by atoms with Gasteiger partial charge in [0, 0.05) is 71.9 Å². The van der Waals surface area contributed by atoms with Gasteiger partial charge in [0.2, 0.25) is 11.8 Å². The van der Waals surface area contributed by atoms with Gasteiger partial charge >= 0.3 is 11.8 Å². The molecular formula is C45H48N10O4. The van der Waals surface area contributed by atoms with Crippen LogP contribution in [0.4, 0.5) is 11.4 Å². The van der Waals surface area contributed by atoms with E-state index in [1.165, 1.54) is 11.3 Å². The topological polar surface area (TPSA) is 174 Å². The molecule has 0 spiro atoms. The van der Waals surface area contributed by atoms with E-state index in [-0.39, 0.29) is 41.1 Å². The van der Waals surface area contributed by atoms with Crippen molar-refractivity contribution in [2.45, 2.75) is 88.8 Å². The second-order valence-corrected chi connectivity index (χ2v) is 17.2. The summed E-state index contributed by atoms with van der Waals surface area (Å²) in [5.74, 6) is 0.314. The first kappa shape index (κ1) is 37.1. The molecule has 2 saturated heterocycles. The van der Waals surface area contributed by atoms with E-state index in [0.29, 0.717) is 30.6 Å². The molecule has 2 aliphatic heterocycles. The predicted octanol–water partition coefficient (Wildman–Crippen LogP) is 6.30. The van der Waals surface area contributed by atoms with Gasteiger partial charge in [0.05, 0.1) is 17.1 Å². The van der Waals surface area contributed by atoms with E-state index < -0.39 is 0 Å². The number of piperazine rings is 1. The Kier molecular flexibility index (Phi) is 9.19. The first-order chi connectivity index (χ1) is 28.6. The second kappa shape index (κ2) is 14.6. The molecule has 5 heterocycles. The maximum absolute atomic E-state index is 13.0. The second-order valence-electron chi connectivity index (χ2n) is 17.2. The number of hydrogen-bond donors (Lipinski definition) is 4. The zero-order valence-electron chi connectivity index (χ0n) is 33.5. The average molecular weight is 793 g/mol. The Bertz CT molecular complexity index is 2600. The highest BCUT2D eigenvalue weighted by Gasteiger charge is 2.44. The van der Waals surface area contributed by atoms with E-state index in [1.54, 1.807) is 6.33 Å². The van der Waals surface area contributed by atoms with Crippen molar-refractivity contribution in [3.8, 4) is 11.3 Å². The Hall–Kier alpha value is -6.15. The molecule has 3 aromatic heterocycles. The van der Waals surface area contributed by atoms with Crippen molar-refractivity contribution in [3.63, 3.8) is 0 Å². The summed E-state index contributed by atoms with van der Waals surface area (Å²) in [5.41, 5.74) is 9.08. The molecule has 0 bridgehead atoms. The summed E-state index contributed by atoms with van der Waals surface area (Å²) in [7, 11) is 0. The van der Waals surface area contributed by atoms with Crippen LogP contribution in [0.1, 0.15) is 97.5 Å². The average Bonchev–Trinajstić information content (AvgIpc) is 3.59. The van der Waals surface area contributed by atoms with Gasteiger partial charge in [-0.15, -0.1) is 0 Å². The van der Waals surface area contributed by atoms with Gasteiger partial charge in [0.15, 0.2) is 5.82 Å². The molecule has 14 heteroatoms. The van der Waals surface area contributed by atoms with Crippen LogP contribution in [0.5, 0.6) is 0 Å². The van der Waals surface area contributed by atoms with Crippen molar-refractivity contribution in [3.05, 3.63) is 95.4 Å². The molecule has 0 radical (unpaired) electrons. The number of benzene rings is 3. The molecule has 4 aliphatic rings. The highest BCUT2D eigenvalue weighted by Crippen LogP contribution is 2.46. The van der Waals surface area contributed by atoms with Crippen LogP contribution in [0, 0.1) is 6.92 Å². The fourth-order valence-corrected chi connectivity index (χ4v) is 9.14. The number of piperidine rings is 1. The van der Waals surface area contributed by atoms with Gasteiger partial charge in [-0.2, -0.15) is 4.98 Å². The van der Waals surface area contributed by atoms with Crippen LogP contribution in [-0.2, 0) is 15.0 Å². The quantitative estimate of drug-likeness (QED) is 0.115. The molecule has 10 rings (SSSR count). The summed E-state index contributed by atoms with van der Waals surface area (Å²) < 4.78 is 5.29. The first-order valence-corrected chi connectivity index (χ1v) is 20.8. The number of imide groups is 1. The van der Waals surface area contributed by atoms with Crippen molar-refractivity contribution < 1.29 is 18.9 Å². The van der Waals surface area contributed by atoms with Gasteiger partial charge < -0.3 is 25.0 Å². The summed E-state index contributed by atoms with van der Waals surface area (Å²) in [4.78, 5) is 59.0. The van der Waals surface area contributed by atoms with E-state index in [0.717, 1.165) is 102 Å². The normalized spacial score (nSPS) is 22.2. The first-order valence-electron chi connectivity index (χ1n) is 20.8. The zero-order valence-corrected chi connectivity index (χ0v) is 33.5. The fourth-order valence-electron chi connectivity index (χ4n) is 9.14. The number of H-pyrrole nitrogens is 1. The summed E-state index contributed by atoms with van der Waals surface area (Å²) in [5, 5.41) is 14.8. The summed E-state index contributed by atoms with van der Waals surface area (Å²) in [6, 6.07) is 21.3. The Morgan fingerprint density at radius 2 is 1.78 bits per heavy atom. The monoisotopic (exact) mass is 792 g/mol. The van der Waals surface area contributed by atoms with Crippen LogP contribution >= 0.6 is 0 Å². The van der Waals surface area contributed by atoms with E-state index in [4.69, 9.17) is 9.51 Å². The van der Waals surface area contributed by atoms with Crippen molar-refractivity contribution in [1.29, 1.82) is 0 Å². The smallest absolute Gasteiger partial charge is 0.315 e. The molecule has 302 valence electrons. The predicted molar refractivity (Wildman–Crippen MR) is 224 cm³/mol. The highest BCUT2D eigenvalue weighted by molar-refractivity contribution is 6.12. The fraction of sp³-hybridized carbons (Fsp3) is 0.400. The molecule has 4 N–H and O–H groups in total. The van der Waals surface area contributed by atoms with Crippen LogP contribution in [0.25, 0.3) is 33.2 Å². The molecule has 4 fully saturated rings. The summed E-state index contributed by atoms with van der Waals surface area (Å²) in [6.45, 7) is 10.1. The van der Waals surface area contributed by atoms with Crippen LogP contribution in [0.2, 0.25) is 0 Å². The van der Waals surface area contributed by atoms with Crippen molar-refractivity contribution >= 4 is 51.0 Å². The number of aromatic nitrogens is 5. The number of nitrogens with one attached hydrogen (secondary N) is 4. The number of fused-ring (bicyclic) bond motifs is 3. The molecule has 2 aliphatic carbocycles. The van der Waals surface area contributed by atoms with Crippen LogP contribution in [-0.4, -0.2) is 86.0 Å². The number of aryl methyl sites for hydroxylation is 1. The lowest BCUT2D eigenvalue weighted by molar-refractivity contribution is -0.133. The van der Waals surface area contributed by atoms with Crippen LogP contribution < -0.4 is 20.9 Å². The number of carbonyl (C=O) groups is 3. The third kappa shape index (κ3) is 7.09. The minimum absolute atomic E-state index is 0.00506. The number of hydrogen-bond acceptors (Lipinski definition) is 11. The molecule has 2 saturated carbocycles. The highest BCUT2D eigenvalue weighted by atomic mass is 16.5. The molecule has 3 amide bonds. The Morgan fingerprint density at radius 1 is 0.983 bits per heavy atom. The van der Waals surface area contributed by atoms with Gasteiger partial charge in [0.25, 0.3) is 0 Å². The SMILES string of the molecule is Cc1cc(-c2ncnc3[nH]c4cc(N5CCN([C@H]6C[C@@H](c7ccc(N[C@H]8CCC(=O)NC8=O)cc7)C6)CC5)ccc4c23)ccc1[C@@H](C)NC(=O)c1nc(C2(C)CC2)no1. The zero-order chi connectivity index (χ0) is 40.4. The minimum Gasteiger partial charge on any atom is -0.374 e. The lowest BCUT2D eigenvalue weighted by Crippen LogP contribution is -2.53. The van der Waals surface area contributed by atoms with Gasteiger partial charge in [0.1, 0.15) is 18.0 Å². The third-order valence-corrected chi connectivity index (χ3v) is 13.2. The Morgan fingerprint density at radius 3 is 2.53 bits per heavy atom. The standard InChI is InChI=1S/C45H48N10O4/c1-25-20-28(6-10-33(25)26(2)48-42(58)43-52-44(53-59-43)45(3)14-15-45)39-38-34-11-9-31(23-36(34)50-40(38)47-24-46-39)54-16-18-55(19-17-54)32-21-29(22-32)27-4-7-30(8-5-27)49-35-12-13-37(56)51-41(35)57/h4-11,20,23-24,26,29,32,35,49H,12-19,21-22H2,1-3H3,(H,48,58)(H,46,47,50)(H,51,56,57)/t26-,29-,32+,35+/m1/s1.